The Bertz CT molecular complexity index is 528. The second-order valence-electron chi connectivity index (χ2n) is 4.15. The molecule has 1 N–H and O–H groups in total. The van der Waals surface area contributed by atoms with Gasteiger partial charge in [0.1, 0.15) is 16.0 Å². The van der Waals surface area contributed by atoms with Crippen LogP contribution in [0.2, 0.25) is 5.15 Å². The summed E-state index contributed by atoms with van der Waals surface area (Å²) >= 11 is 9.03. The van der Waals surface area contributed by atoms with Gasteiger partial charge in [-0.15, -0.1) is 11.3 Å². The molecule has 0 unspecified atom stereocenters. The molecule has 0 aliphatic carbocycles. The van der Waals surface area contributed by atoms with Crippen molar-refractivity contribution >= 4 is 40.5 Å². The maximum absolute atomic E-state index is 5.97. The summed E-state index contributed by atoms with van der Waals surface area (Å²) in [7, 11) is 0. The quantitative estimate of drug-likeness (QED) is 0.530. The molecule has 0 aromatic carbocycles. The highest BCUT2D eigenvalue weighted by atomic mass is 35.5. The van der Waals surface area contributed by atoms with E-state index < -0.39 is 0 Å². The Balaban J connectivity index is 2.26. The van der Waals surface area contributed by atoms with E-state index in [0.29, 0.717) is 16.1 Å². The van der Waals surface area contributed by atoms with Gasteiger partial charge < -0.3 is 5.32 Å². The summed E-state index contributed by atoms with van der Waals surface area (Å²) in [5.74, 6) is 0.708. The maximum atomic E-state index is 5.97. The summed E-state index contributed by atoms with van der Waals surface area (Å²) in [6, 6.07) is 1.72. The Morgan fingerprint density at radius 3 is 2.78 bits per heavy atom. The Labute approximate surface area is 119 Å². The molecule has 0 atom stereocenters. The standard InChI is InChI=1S/C11H13ClN4S2/c1-11(2,9-13-4-5-18-9)16-8-6-7(12)14-10(15-8)17-3/h4-6H,1-3H3,(H,14,15,16). The van der Waals surface area contributed by atoms with Crippen LogP contribution in [-0.4, -0.2) is 21.2 Å². The highest BCUT2D eigenvalue weighted by Gasteiger charge is 2.23. The first-order valence-electron chi connectivity index (χ1n) is 5.28. The lowest BCUT2D eigenvalue weighted by Gasteiger charge is -2.24. The molecule has 4 nitrogen and oxygen atoms in total. The van der Waals surface area contributed by atoms with Crippen molar-refractivity contribution in [2.24, 2.45) is 0 Å². The molecule has 0 fully saturated rings. The third kappa shape index (κ3) is 3.13. The van der Waals surface area contributed by atoms with E-state index in [1.54, 1.807) is 23.6 Å². The number of nitrogens with one attached hydrogen (secondary N) is 1. The highest BCUT2D eigenvalue weighted by Crippen LogP contribution is 2.27. The average molecular weight is 301 g/mol. The second-order valence-corrected chi connectivity index (χ2v) is 6.21. The van der Waals surface area contributed by atoms with E-state index in [-0.39, 0.29) is 5.54 Å². The molecule has 18 heavy (non-hydrogen) atoms. The van der Waals surface area contributed by atoms with E-state index in [4.69, 9.17) is 11.6 Å². The summed E-state index contributed by atoms with van der Waals surface area (Å²) in [5.41, 5.74) is -0.290. The zero-order valence-corrected chi connectivity index (χ0v) is 12.7. The number of hydrogen-bond donors (Lipinski definition) is 1. The molecule has 0 aliphatic rings. The summed E-state index contributed by atoms with van der Waals surface area (Å²) in [6.45, 7) is 4.11. The lowest BCUT2D eigenvalue weighted by molar-refractivity contribution is 0.599. The van der Waals surface area contributed by atoms with Gasteiger partial charge in [0.05, 0.1) is 5.54 Å². The molecule has 0 saturated carbocycles. The lowest BCUT2D eigenvalue weighted by Crippen LogP contribution is -2.28. The number of halogens is 1. The zero-order valence-electron chi connectivity index (χ0n) is 10.3. The van der Waals surface area contributed by atoms with Gasteiger partial charge in [0, 0.05) is 17.6 Å². The molecule has 0 radical (unpaired) electrons. The summed E-state index contributed by atoms with van der Waals surface area (Å²) in [6.07, 6.45) is 3.71. The minimum atomic E-state index is -0.290. The van der Waals surface area contributed by atoms with Gasteiger partial charge in [0.2, 0.25) is 0 Å². The van der Waals surface area contributed by atoms with Crippen molar-refractivity contribution in [2.75, 3.05) is 11.6 Å². The van der Waals surface area contributed by atoms with Gasteiger partial charge in [-0.25, -0.2) is 15.0 Å². The van der Waals surface area contributed by atoms with Gasteiger partial charge in [0.25, 0.3) is 0 Å². The van der Waals surface area contributed by atoms with Gasteiger partial charge in [0.15, 0.2) is 5.16 Å². The summed E-state index contributed by atoms with van der Waals surface area (Å²) in [5, 5.41) is 7.38. The van der Waals surface area contributed by atoms with Crippen LogP contribution < -0.4 is 5.32 Å². The molecule has 0 aliphatic heterocycles. The van der Waals surface area contributed by atoms with Crippen LogP contribution in [0.1, 0.15) is 18.9 Å². The third-order valence-corrected chi connectivity index (χ3v) is 4.10. The Kier molecular flexibility index (Phi) is 4.09. The number of rotatable bonds is 4. The number of hydrogen-bond acceptors (Lipinski definition) is 6. The summed E-state index contributed by atoms with van der Waals surface area (Å²) < 4.78 is 0. The van der Waals surface area contributed by atoms with E-state index in [1.165, 1.54) is 11.8 Å². The van der Waals surface area contributed by atoms with Crippen molar-refractivity contribution in [3.63, 3.8) is 0 Å². The number of thioether (sulfide) groups is 1. The molecule has 7 heteroatoms. The fourth-order valence-electron chi connectivity index (χ4n) is 1.46. The van der Waals surface area contributed by atoms with Crippen molar-refractivity contribution < 1.29 is 0 Å². The van der Waals surface area contributed by atoms with Crippen LogP contribution in [0.3, 0.4) is 0 Å². The molecule has 0 amide bonds. The van der Waals surface area contributed by atoms with Crippen LogP contribution in [0.5, 0.6) is 0 Å². The highest BCUT2D eigenvalue weighted by molar-refractivity contribution is 7.98. The number of thiazole rings is 1. The SMILES string of the molecule is CSc1nc(Cl)cc(NC(C)(C)c2nccs2)n1. The molecule has 2 heterocycles. The molecular formula is C11H13ClN4S2. The fraction of sp³-hybridized carbons (Fsp3) is 0.364. The fourth-order valence-corrected chi connectivity index (χ4v) is 2.79. The van der Waals surface area contributed by atoms with Crippen LogP contribution in [0, 0.1) is 0 Å². The number of aromatic nitrogens is 3. The van der Waals surface area contributed by atoms with Crippen LogP contribution in [-0.2, 0) is 5.54 Å². The van der Waals surface area contributed by atoms with Crippen LogP contribution in [0.15, 0.2) is 22.8 Å². The minimum Gasteiger partial charge on any atom is -0.359 e. The van der Waals surface area contributed by atoms with E-state index in [9.17, 15) is 0 Å². The number of nitrogens with zero attached hydrogens (tertiary/aromatic N) is 3. The second kappa shape index (κ2) is 5.42. The predicted octanol–water partition coefficient (Wildman–Crippen LogP) is 3.66. The van der Waals surface area contributed by atoms with Crippen LogP contribution in [0.4, 0.5) is 5.82 Å². The van der Waals surface area contributed by atoms with Crippen molar-refractivity contribution in [3.8, 4) is 0 Å². The van der Waals surface area contributed by atoms with Gasteiger partial charge >= 0.3 is 0 Å². The monoisotopic (exact) mass is 300 g/mol. The van der Waals surface area contributed by atoms with Crippen molar-refractivity contribution in [1.82, 2.24) is 15.0 Å². The normalized spacial score (nSPS) is 11.6. The largest absolute Gasteiger partial charge is 0.359 e. The number of anilines is 1. The lowest BCUT2D eigenvalue weighted by atomic mass is 10.1. The molecule has 0 bridgehead atoms. The summed E-state index contributed by atoms with van der Waals surface area (Å²) in [4.78, 5) is 12.8. The Morgan fingerprint density at radius 1 is 1.39 bits per heavy atom. The van der Waals surface area contributed by atoms with Gasteiger partial charge in [-0.3, -0.25) is 0 Å². The minimum absolute atomic E-state index is 0.290. The van der Waals surface area contributed by atoms with E-state index >= 15 is 0 Å². The van der Waals surface area contributed by atoms with Crippen LogP contribution >= 0.6 is 34.7 Å². The first-order valence-corrected chi connectivity index (χ1v) is 7.76. The van der Waals surface area contributed by atoms with Gasteiger partial charge in [-0.2, -0.15) is 0 Å². The zero-order chi connectivity index (χ0) is 13.2. The molecule has 96 valence electrons. The van der Waals surface area contributed by atoms with Crippen molar-refractivity contribution in [2.45, 2.75) is 24.5 Å². The average Bonchev–Trinajstić information content (AvgIpc) is 2.81. The molecule has 2 rings (SSSR count). The van der Waals surface area contributed by atoms with E-state index in [1.807, 2.05) is 11.6 Å². The Hall–Kier alpha value is -0.850. The molecule has 2 aromatic rings. The first-order chi connectivity index (χ1) is 8.51. The molecule has 2 aromatic heterocycles. The molecule has 0 spiro atoms. The maximum Gasteiger partial charge on any atom is 0.190 e. The van der Waals surface area contributed by atoms with Crippen molar-refractivity contribution in [3.05, 3.63) is 27.8 Å². The topological polar surface area (TPSA) is 50.7 Å². The first kappa shape index (κ1) is 13.6. The third-order valence-electron chi connectivity index (χ3n) is 2.26. The van der Waals surface area contributed by atoms with Gasteiger partial charge in [-0.05, 0) is 20.1 Å². The Morgan fingerprint density at radius 2 is 2.17 bits per heavy atom. The van der Waals surface area contributed by atoms with E-state index in [2.05, 4.69) is 34.1 Å². The van der Waals surface area contributed by atoms with Gasteiger partial charge in [-0.1, -0.05) is 23.4 Å². The molecular weight excluding hydrogens is 288 g/mol. The molecule has 0 saturated heterocycles. The predicted molar refractivity (Wildman–Crippen MR) is 77.6 cm³/mol. The van der Waals surface area contributed by atoms with E-state index in [0.717, 1.165) is 5.01 Å². The van der Waals surface area contributed by atoms with Crippen LogP contribution in [0.25, 0.3) is 0 Å². The van der Waals surface area contributed by atoms with Crippen molar-refractivity contribution in [1.29, 1.82) is 0 Å². The smallest absolute Gasteiger partial charge is 0.190 e.